The summed E-state index contributed by atoms with van der Waals surface area (Å²) in [5.41, 5.74) is 2.09. The average molecular weight is 528 g/mol. The van der Waals surface area contributed by atoms with Crippen molar-refractivity contribution in [1.29, 1.82) is 0 Å². The second kappa shape index (κ2) is 12.7. The number of ether oxygens (including phenoxy) is 2. The maximum absolute atomic E-state index is 12.9. The van der Waals surface area contributed by atoms with Gasteiger partial charge in [0.1, 0.15) is 0 Å². The molecule has 3 aliphatic rings. The summed E-state index contributed by atoms with van der Waals surface area (Å²) in [4.78, 5) is 20.9. The summed E-state index contributed by atoms with van der Waals surface area (Å²) >= 11 is 5.19. The molecule has 0 spiro atoms. The van der Waals surface area contributed by atoms with Crippen LogP contribution >= 0.6 is 27.7 Å². The predicted molar refractivity (Wildman–Crippen MR) is 132 cm³/mol. The molecule has 32 heavy (non-hydrogen) atoms. The first-order valence-electron chi connectivity index (χ1n) is 11.7. The van der Waals surface area contributed by atoms with Crippen LogP contribution in [0.2, 0.25) is 0 Å². The molecule has 1 aromatic rings. The van der Waals surface area contributed by atoms with Crippen molar-refractivity contribution < 1.29 is 14.3 Å². The molecule has 1 unspecified atom stereocenters. The van der Waals surface area contributed by atoms with Crippen LogP contribution in [0.4, 0.5) is 0 Å². The number of carbonyl (C=O) groups is 1. The van der Waals surface area contributed by atoms with Crippen LogP contribution in [0.1, 0.15) is 28.8 Å². The molecular weight excluding hydrogens is 492 g/mol. The van der Waals surface area contributed by atoms with E-state index in [-0.39, 0.29) is 5.91 Å². The van der Waals surface area contributed by atoms with Crippen molar-refractivity contribution in [2.75, 3.05) is 77.0 Å². The van der Waals surface area contributed by atoms with Crippen LogP contribution in [0.5, 0.6) is 0 Å². The molecule has 0 radical (unpaired) electrons. The Morgan fingerprint density at radius 2 is 1.84 bits per heavy atom. The Morgan fingerprint density at radius 3 is 2.53 bits per heavy atom. The molecule has 178 valence electrons. The van der Waals surface area contributed by atoms with Crippen LogP contribution in [0.15, 0.2) is 23.1 Å². The monoisotopic (exact) mass is 526 g/mol. The number of hydrogen-bond acceptors (Lipinski definition) is 7. The number of alkyl halides is 1. The third-order valence-electron chi connectivity index (χ3n) is 6.38. The molecule has 2 fully saturated rings. The highest BCUT2D eigenvalue weighted by Crippen LogP contribution is 2.34. The first-order chi connectivity index (χ1) is 15.8. The van der Waals surface area contributed by atoms with Gasteiger partial charge < -0.3 is 19.7 Å². The van der Waals surface area contributed by atoms with Crippen molar-refractivity contribution in [3.8, 4) is 0 Å². The third-order valence-corrected chi connectivity index (χ3v) is 7.77. The van der Waals surface area contributed by atoms with Crippen molar-refractivity contribution in [3.63, 3.8) is 0 Å². The number of halogens is 1. The van der Waals surface area contributed by atoms with Crippen LogP contribution in [-0.2, 0) is 16.0 Å². The van der Waals surface area contributed by atoms with Crippen molar-refractivity contribution in [1.82, 2.24) is 20.0 Å². The Bertz CT molecular complexity index is 742. The summed E-state index contributed by atoms with van der Waals surface area (Å²) in [7, 11) is 0. The normalized spacial score (nSPS) is 22.5. The fourth-order valence-electron chi connectivity index (χ4n) is 4.56. The molecule has 7 nitrogen and oxygen atoms in total. The Balaban J connectivity index is 1.16. The molecule has 3 aliphatic heterocycles. The van der Waals surface area contributed by atoms with Gasteiger partial charge in [0, 0.05) is 66.9 Å². The van der Waals surface area contributed by atoms with Crippen molar-refractivity contribution in [3.05, 3.63) is 29.3 Å². The molecule has 4 rings (SSSR count). The number of piperidine rings is 1. The molecule has 0 aliphatic carbocycles. The van der Waals surface area contributed by atoms with E-state index in [2.05, 4.69) is 42.0 Å². The van der Waals surface area contributed by atoms with Crippen LogP contribution in [-0.4, -0.2) is 104 Å². The minimum Gasteiger partial charge on any atom is -0.365 e. The molecule has 9 heteroatoms. The molecule has 1 amide bonds. The summed E-state index contributed by atoms with van der Waals surface area (Å²) in [5.74, 6) is 1.10. The van der Waals surface area contributed by atoms with Crippen LogP contribution < -0.4 is 5.32 Å². The molecule has 0 saturated carbocycles. The molecule has 1 atom stereocenters. The molecule has 0 bridgehead atoms. The van der Waals surface area contributed by atoms with Gasteiger partial charge in [0.2, 0.25) is 0 Å². The predicted octanol–water partition coefficient (Wildman–Crippen LogP) is 2.45. The van der Waals surface area contributed by atoms with E-state index in [1.165, 1.54) is 10.5 Å². The summed E-state index contributed by atoms with van der Waals surface area (Å²) in [6.07, 6.45) is 2.24. The van der Waals surface area contributed by atoms with Gasteiger partial charge in [-0.3, -0.25) is 14.6 Å². The van der Waals surface area contributed by atoms with E-state index < -0.39 is 0 Å². The highest BCUT2D eigenvalue weighted by atomic mass is 79.9. The number of hydrogen-bond donors (Lipinski definition) is 1. The largest absolute Gasteiger partial charge is 0.365 e. The topological polar surface area (TPSA) is 57.3 Å². The lowest BCUT2D eigenvalue weighted by atomic mass is 10.1. The van der Waals surface area contributed by atoms with E-state index >= 15 is 0 Å². The maximum Gasteiger partial charge on any atom is 0.254 e. The van der Waals surface area contributed by atoms with Gasteiger partial charge in [0.15, 0.2) is 0 Å². The lowest BCUT2D eigenvalue weighted by Crippen LogP contribution is -2.47. The number of amides is 1. The van der Waals surface area contributed by atoms with Gasteiger partial charge in [-0.15, -0.1) is 11.8 Å². The SMILES string of the molecule is O=C1c2cccc(SCCOCN3CCN(COCCBr)CC3)c2CN1C1CCCNC1. The molecule has 0 aromatic heterocycles. The molecular formula is C23H35BrN4O3S. The highest BCUT2D eigenvalue weighted by molar-refractivity contribution is 9.09. The Hall–Kier alpha value is -0.680. The number of nitrogens with one attached hydrogen (secondary N) is 1. The minimum absolute atomic E-state index is 0.198. The lowest BCUT2D eigenvalue weighted by Gasteiger charge is -2.34. The standard InChI is InChI=1S/C23H35BrN4O3S/c24-6-12-30-17-26-8-10-27(11-9-26)18-31-13-14-32-22-5-1-4-20-21(22)16-28(23(20)29)19-3-2-7-25-15-19/h1,4-5,19,25H,2-3,6-18H2. The summed E-state index contributed by atoms with van der Waals surface area (Å²) in [6.45, 7) is 9.68. The van der Waals surface area contributed by atoms with E-state index in [1.54, 1.807) is 0 Å². The zero-order valence-electron chi connectivity index (χ0n) is 18.8. The van der Waals surface area contributed by atoms with Crippen molar-refractivity contribution >= 4 is 33.6 Å². The zero-order chi connectivity index (χ0) is 22.2. The van der Waals surface area contributed by atoms with E-state index in [4.69, 9.17) is 9.47 Å². The highest BCUT2D eigenvalue weighted by Gasteiger charge is 2.34. The van der Waals surface area contributed by atoms with E-state index in [0.717, 1.165) is 88.6 Å². The molecule has 1 N–H and O–H groups in total. The quantitative estimate of drug-likeness (QED) is 0.270. The summed E-state index contributed by atoms with van der Waals surface area (Å²) in [5, 5.41) is 4.32. The number of nitrogens with zero attached hydrogens (tertiary/aromatic N) is 3. The summed E-state index contributed by atoms with van der Waals surface area (Å²) < 4.78 is 11.5. The van der Waals surface area contributed by atoms with Gasteiger partial charge in [-0.25, -0.2) is 0 Å². The maximum atomic E-state index is 12.9. The first kappa shape index (κ1) is 24.4. The number of benzene rings is 1. The number of thioether (sulfide) groups is 1. The average Bonchev–Trinajstić information content (AvgIpc) is 3.18. The zero-order valence-corrected chi connectivity index (χ0v) is 21.2. The molecule has 2 saturated heterocycles. The van der Waals surface area contributed by atoms with E-state index in [0.29, 0.717) is 19.4 Å². The lowest BCUT2D eigenvalue weighted by molar-refractivity contribution is -0.0266. The van der Waals surface area contributed by atoms with Crippen LogP contribution in [0.3, 0.4) is 0 Å². The summed E-state index contributed by atoms with van der Waals surface area (Å²) in [6, 6.07) is 6.47. The van der Waals surface area contributed by atoms with Gasteiger partial charge in [0.25, 0.3) is 5.91 Å². The smallest absolute Gasteiger partial charge is 0.254 e. The Kier molecular flexibility index (Phi) is 9.69. The van der Waals surface area contributed by atoms with Crippen molar-refractivity contribution in [2.45, 2.75) is 30.3 Å². The number of rotatable bonds is 11. The second-order valence-electron chi connectivity index (χ2n) is 8.56. The Labute approximate surface area is 204 Å². The van der Waals surface area contributed by atoms with Gasteiger partial charge >= 0.3 is 0 Å². The van der Waals surface area contributed by atoms with Gasteiger partial charge in [-0.2, -0.15) is 0 Å². The second-order valence-corrected chi connectivity index (χ2v) is 10.5. The fraction of sp³-hybridized carbons (Fsp3) is 0.696. The number of fused-ring (bicyclic) bond motifs is 1. The molecule has 1 aromatic carbocycles. The van der Waals surface area contributed by atoms with Crippen LogP contribution in [0, 0.1) is 0 Å². The van der Waals surface area contributed by atoms with Gasteiger partial charge in [0.05, 0.1) is 26.7 Å². The number of carbonyl (C=O) groups excluding carboxylic acids is 1. The Morgan fingerprint density at radius 1 is 1.09 bits per heavy atom. The van der Waals surface area contributed by atoms with Gasteiger partial charge in [-0.05, 0) is 37.1 Å². The number of piperazine rings is 1. The van der Waals surface area contributed by atoms with Crippen molar-refractivity contribution in [2.24, 2.45) is 0 Å². The fourth-order valence-corrected chi connectivity index (χ4v) is 5.73. The van der Waals surface area contributed by atoms with E-state index in [1.807, 2.05) is 23.9 Å². The first-order valence-corrected chi connectivity index (χ1v) is 13.8. The van der Waals surface area contributed by atoms with Gasteiger partial charge in [-0.1, -0.05) is 22.0 Å². The van der Waals surface area contributed by atoms with Crippen LogP contribution in [0.25, 0.3) is 0 Å². The molecule has 3 heterocycles. The minimum atomic E-state index is 0.198. The third kappa shape index (κ3) is 6.46. The van der Waals surface area contributed by atoms with E-state index in [9.17, 15) is 4.79 Å².